The Morgan fingerprint density at radius 1 is 1.02 bits per heavy atom. The number of ether oxygens (including phenoxy) is 4. The number of rotatable bonds is 10. The summed E-state index contributed by atoms with van der Waals surface area (Å²) in [5.74, 6) is 0.985. The van der Waals surface area contributed by atoms with Crippen LogP contribution in [0.3, 0.4) is 0 Å². The van der Waals surface area contributed by atoms with E-state index in [1.807, 2.05) is 60.7 Å². The number of esters is 1. The molecular formula is C38H30BrN3O6S. The molecule has 0 unspecified atom stereocenters. The van der Waals surface area contributed by atoms with Gasteiger partial charge >= 0.3 is 5.97 Å². The van der Waals surface area contributed by atoms with Gasteiger partial charge in [0, 0.05) is 11.1 Å². The van der Waals surface area contributed by atoms with Crippen LogP contribution in [-0.2, 0) is 16.1 Å². The highest BCUT2D eigenvalue weighted by Crippen LogP contribution is 2.38. The average Bonchev–Trinajstić information content (AvgIpc) is 3.44. The summed E-state index contributed by atoms with van der Waals surface area (Å²) in [6, 6.07) is 28.9. The third-order valence-corrected chi connectivity index (χ3v) is 9.44. The molecule has 0 spiro atoms. The first-order chi connectivity index (χ1) is 23.9. The molecule has 6 rings (SSSR count). The number of carbonyl (C=O) groups excluding carboxylic acids is 1. The highest BCUT2D eigenvalue weighted by Gasteiger charge is 2.35. The van der Waals surface area contributed by atoms with Gasteiger partial charge in [-0.05, 0) is 70.4 Å². The van der Waals surface area contributed by atoms with Gasteiger partial charge in [-0.15, -0.1) is 0 Å². The number of nitriles is 1. The van der Waals surface area contributed by atoms with Gasteiger partial charge < -0.3 is 18.9 Å². The number of thiazole rings is 1. The summed E-state index contributed by atoms with van der Waals surface area (Å²) < 4.78 is 25.3. The van der Waals surface area contributed by atoms with Crippen molar-refractivity contribution < 1.29 is 23.7 Å². The number of fused-ring (bicyclic) bond motifs is 1. The van der Waals surface area contributed by atoms with E-state index in [0.717, 1.165) is 11.1 Å². The van der Waals surface area contributed by atoms with Crippen LogP contribution in [0.5, 0.6) is 17.2 Å². The molecule has 1 atom stereocenters. The van der Waals surface area contributed by atoms with Crippen LogP contribution in [0.2, 0.25) is 0 Å². The lowest BCUT2D eigenvalue weighted by atomic mass is 9.93. The van der Waals surface area contributed by atoms with E-state index in [1.165, 1.54) is 18.4 Å². The van der Waals surface area contributed by atoms with Crippen molar-refractivity contribution in [3.63, 3.8) is 0 Å². The first-order valence-corrected chi connectivity index (χ1v) is 16.9. The zero-order chi connectivity index (χ0) is 34.5. The summed E-state index contributed by atoms with van der Waals surface area (Å²) in [6.45, 7) is 2.06. The summed E-state index contributed by atoms with van der Waals surface area (Å²) in [6.07, 6.45) is 1.76. The maximum absolute atomic E-state index is 14.3. The molecule has 0 amide bonds. The predicted molar refractivity (Wildman–Crippen MR) is 190 cm³/mol. The average molecular weight is 737 g/mol. The molecule has 0 fully saturated rings. The van der Waals surface area contributed by atoms with Crippen molar-refractivity contribution in [3.05, 3.63) is 149 Å². The molecule has 0 saturated heterocycles. The van der Waals surface area contributed by atoms with E-state index >= 15 is 0 Å². The molecule has 2 heterocycles. The minimum absolute atomic E-state index is 0.158. The lowest BCUT2D eigenvalue weighted by Crippen LogP contribution is -2.40. The van der Waals surface area contributed by atoms with Crippen molar-refractivity contribution in [2.75, 3.05) is 20.8 Å². The van der Waals surface area contributed by atoms with Gasteiger partial charge in [0.25, 0.3) is 5.56 Å². The van der Waals surface area contributed by atoms with E-state index in [1.54, 1.807) is 55.0 Å². The van der Waals surface area contributed by atoms with Crippen molar-refractivity contribution >= 4 is 45.0 Å². The molecule has 49 heavy (non-hydrogen) atoms. The highest BCUT2D eigenvalue weighted by atomic mass is 79.9. The van der Waals surface area contributed by atoms with Crippen LogP contribution >= 0.6 is 27.3 Å². The Balaban J connectivity index is 1.49. The first-order valence-electron chi connectivity index (χ1n) is 15.3. The van der Waals surface area contributed by atoms with Crippen molar-refractivity contribution in [2.24, 2.45) is 4.99 Å². The molecule has 5 aromatic rings. The topological polar surface area (TPSA) is 112 Å². The fourth-order valence-corrected chi connectivity index (χ4v) is 7.14. The maximum atomic E-state index is 14.3. The summed E-state index contributed by atoms with van der Waals surface area (Å²) in [7, 11) is 3.11. The molecule has 1 aromatic heterocycles. The highest BCUT2D eigenvalue weighted by molar-refractivity contribution is 9.10. The van der Waals surface area contributed by atoms with Crippen LogP contribution in [0.1, 0.15) is 40.8 Å². The minimum atomic E-state index is -0.813. The number of benzene rings is 4. The van der Waals surface area contributed by atoms with Crippen LogP contribution in [0, 0.1) is 11.3 Å². The van der Waals surface area contributed by atoms with Gasteiger partial charge in [-0.25, -0.2) is 9.79 Å². The van der Waals surface area contributed by atoms with Gasteiger partial charge in [-0.3, -0.25) is 9.36 Å². The molecule has 0 saturated carbocycles. The Kier molecular flexibility index (Phi) is 10.1. The molecule has 0 bridgehead atoms. The Labute approximate surface area is 294 Å². The van der Waals surface area contributed by atoms with Crippen LogP contribution in [-0.4, -0.2) is 31.4 Å². The van der Waals surface area contributed by atoms with Gasteiger partial charge in [-0.1, -0.05) is 72.0 Å². The number of hydrogen-bond donors (Lipinski definition) is 0. The van der Waals surface area contributed by atoms with E-state index < -0.39 is 12.0 Å². The second-order valence-electron chi connectivity index (χ2n) is 10.8. The third-order valence-electron chi connectivity index (χ3n) is 7.86. The summed E-state index contributed by atoms with van der Waals surface area (Å²) in [4.78, 5) is 33.3. The van der Waals surface area contributed by atoms with E-state index in [9.17, 15) is 14.9 Å². The Morgan fingerprint density at radius 3 is 2.45 bits per heavy atom. The standard InChI is InChI=1S/C38H30BrN3O6S/c1-4-47-37(44)32-33(24-10-6-5-7-11-24)41-38-42(34(32)25-14-16-28(45-2)17-15-25)36(43)31(49-38)20-23-18-29(39)35(30(19-23)46-3)48-22-27-13-9-8-12-26(27)21-40/h5-20,34H,4,22H2,1-3H3/b31-20-/t34-/m1/s1. The second kappa shape index (κ2) is 14.8. The summed E-state index contributed by atoms with van der Waals surface area (Å²) >= 11 is 4.83. The van der Waals surface area contributed by atoms with Crippen LogP contribution < -0.4 is 29.1 Å². The SMILES string of the molecule is CCOC(=O)C1=C(c2ccccc2)N=c2s/c(=C\c3cc(Br)c(OCc4ccccc4C#N)c(OC)c3)c(=O)n2[C@@H]1c1ccc(OC)cc1. The van der Waals surface area contributed by atoms with Gasteiger partial charge in [-0.2, -0.15) is 5.26 Å². The number of nitrogens with zero attached hydrogens (tertiary/aromatic N) is 3. The molecular weight excluding hydrogens is 706 g/mol. The van der Waals surface area contributed by atoms with Crippen LogP contribution in [0.15, 0.2) is 111 Å². The van der Waals surface area contributed by atoms with E-state index in [2.05, 4.69) is 22.0 Å². The van der Waals surface area contributed by atoms with Crippen LogP contribution in [0.4, 0.5) is 0 Å². The van der Waals surface area contributed by atoms with Crippen molar-refractivity contribution in [2.45, 2.75) is 19.6 Å². The minimum Gasteiger partial charge on any atom is -0.497 e. The molecule has 4 aromatic carbocycles. The molecule has 1 aliphatic rings. The molecule has 0 radical (unpaired) electrons. The molecule has 9 nitrogen and oxygen atoms in total. The maximum Gasteiger partial charge on any atom is 0.338 e. The summed E-state index contributed by atoms with van der Waals surface area (Å²) in [5, 5.41) is 9.46. The molecule has 0 N–H and O–H groups in total. The third kappa shape index (κ3) is 6.79. The van der Waals surface area contributed by atoms with Crippen molar-refractivity contribution in [1.29, 1.82) is 5.26 Å². The normalized spacial score (nSPS) is 14.0. The van der Waals surface area contributed by atoms with Crippen LogP contribution in [0.25, 0.3) is 11.8 Å². The number of methoxy groups -OCH3 is 2. The molecule has 0 aliphatic carbocycles. The molecule has 11 heteroatoms. The zero-order valence-corrected chi connectivity index (χ0v) is 29.2. The zero-order valence-electron chi connectivity index (χ0n) is 26.8. The fraction of sp³-hybridized carbons (Fsp3) is 0.158. The predicted octanol–water partition coefficient (Wildman–Crippen LogP) is 6.17. The Bertz CT molecular complexity index is 2290. The molecule has 1 aliphatic heterocycles. The quantitative estimate of drug-likeness (QED) is 0.158. The second-order valence-corrected chi connectivity index (χ2v) is 12.7. The van der Waals surface area contributed by atoms with Gasteiger partial charge in [0.2, 0.25) is 0 Å². The van der Waals surface area contributed by atoms with Gasteiger partial charge in [0.05, 0.1) is 58.8 Å². The number of halogens is 1. The van der Waals surface area contributed by atoms with E-state index in [0.29, 0.717) is 53.4 Å². The van der Waals surface area contributed by atoms with Crippen molar-refractivity contribution in [1.82, 2.24) is 4.57 Å². The van der Waals surface area contributed by atoms with E-state index in [4.69, 9.17) is 23.9 Å². The number of hydrogen-bond acceptors (Lipinski definition) is 9. The number of carbonyl (C=O) groups is 1. The lowest BCUT2D eigenvalue weighted by molar-refractivity contribution is -0.138. The Morgan fingerprint density at radius 2 is 1.76 bits per heavy atom. The first kappa shape index (κ1) is 33.5. The number of aromatic nitrogens is 1. The van der Waals surface area contributed by atoms with Gasteiger partial charge in [0.15, 0.2) is 16.3 Å². The smallest absolute Gasteiger partial charge is 0.338 e. The monoisotopic (exact) mass is 735 g/mol. The Hall–Kier alpha value is -5.44. The van der Waals surface area contributed by atoms with Gasteiger partial charge in [0.1, 0.15) is 12.4 Å². The summed E-state index contributed by atoms with van der Waals surface area (Å²) in [5.41, 5.74) is 3.76. The fourth-order valence-electron chi connectivity index (χ4n) is 5.56. The molecule has 246 valence electrons. The van der Waals surface area contributed by atoms with Crippen molar-refractivity contribution in [3.8, 4) is 23.3 Å². The largest absolute Gasteiger partial charge is 0.497 e. The lowest BCUT2D eigenvalue weighted by Gasteiger charge is -2.26. The van der Waals surface area contributed by atoms with E-state index in [-0.39, 0.29) is 24.3 Å².